The zero-order valence-electron chi connectivity index (χ0n) is 8.34. The molecule has 15 heavy (non-hydrogen) atoms. The fourth-order valence-electron chi connectivity index (χ4n) is 1.35. The Balaban J connectivity index is 1.92. The smallest absolute Gasteiger partial charge is 0.130 e. The van der Waals surface area contributed by atoms with Gasteiger partial charge < -0.3 is 5.32 Å². The van der Waals surface area contributed by atoms with Crippen LogP contribution in [0.2, 0.25) is 0 Å². The Hall–Kier alpha value is -1.22. The molecular formula is C12H13F2N. The third-order valence-corrected chi connectivity index (χ3v) is 2.36. The van der Waals surface area contributed by atoms with E-state index in [4.69, 9.17) is 0 Å². The van der Waals surface area contributed by atoms with Crippen molar-refractivity contribution in [2.75, 3.05) is 6.54 Å². The highest BCUT2D eigenvalue weighted by atomic mass is 19.1. The van der Waals surface area contributed by atoms with E-state index in [0.29, 0.717) is 18.2 Å². The van der Waals surface area contributed by atoms with Crippen LogP contribution in [0.5, 0.6) is 0 Å². The van der Waals surface area contributed by atoms with Crippen molar-refractivity contribution in [1.82, 2.24) is 5.32 Å². The van der Waals surface area contributed by atoms with Gasteiger partial charge in [-0.2, -0.15) is 0 Å². The highest BCUT2D eigenvalue weighted by Gasteiger charge is 2.18. The second-order valence-corrected chi connectivity index (χ2v) is 3.75. The third-order valence-electron chi connectivity index (χ3n) is 2.36. The van der Waals surface area contributed by atoms with Crippen molar-refractivity contribution >= 4 is 6.08 Å². The minimum Gasteiger partial charge on any atom is -0.311 e. The maximum Gasteiger partial charge on any atom is 0.130 e. The SMILES string of the molecule is Fc1ccc(F)c(C=CCNC2CC2)c1. The van der Waals surface area contributed by atoms with Crippen LogP contribution in [0, 0.1) is 11.6 Å². The molecule has 0 amide bonds. The van der Waals surface area contributed by atoms with Gasteiger partial charge in [-0.15, -0.1) is 0 Å². The van der Waals surface area contributed by atoms with Crippen LogP contribution in [-0.2, 0) is 0 Å². The summed E-state index contributed by atoms with van der Waals surface area (Å²) < 4.78 is 25.9. The van der Waals surface area contributed by atoms with Crippen LogP contribution in [0.3, 0.4) is 0 Å². The lowest BCUT2D eigenvalue weighted by molar-refractivity contribution is 0.598. The molecule has 1 aromatic carbocycles. The van der Waals surface area contributed by atoms with Crippen molar-refractivity contribution in [2.45, 2.75) is 18.9 Å². The molecule has 1 aliphatic carbocycles. The molecule has 1 saturated carbocycles. The second-order valence-electron chi connectivity index (χ2n) is 3.75. The number of benzene rings is 1. The zero-order chi connectivity index (χ0) is 10.7. The molecule has 1 N–H and O–H groups in total. The second kappa shape index (κ2) is 4.53. The van der Waals surface area contributed by atoms with Gasteiger partial charge in [0.2, 0.25) is 0 Å². The first kappa shape index (κ1) is 10.3. The first-order chi connectivity index (χ1) is 7.25. The van der Waals surface area contributed by atoms with E-state index >= 15 is 0 Å². The maximum absolute atomic E-state index is 13.1. The standard InChI is InChI=1S/C12H13F2N/c13-10-3-6-12(14)9(8-10)2-1-7-15-11-4-5-11/h1-3,6,8,11,15H,4-5,7H2. The summed E-state index contributed by atoms with van der Waals surface area (Å²) in [5, 5.41) is 3.26. The normalized spacial score (nSPS) is 16.1. The van der Waals surface area contributed by atoms with Crippen LogP contribution in [0.4, 0.5) is 8.78 Å². The Morgan fingerprint density at radius 2 is 2.13 bits per heavy atom. The van der Waals surface area contributed by atoms with Gasteiger partial charge in [-0.05, 0) is 31.0 Å². The lowest BCUT2D eigenvalue weighted by Crippen LogP contribution is -2.15. The van der Waals surface area contributed by atoms with E-state index in [-0.39, 0.29) is 5.82 Å². The molecule has 2 rings (SSSR count). The third kappa shape index (κ3) is 3.13. The molecular weight excluding hydrogens is 196 g/mol. The van der Waals surface area contributed by atoms with Crippen LogP contribution >= 0.6 is 0 Å². The molecule has 0 spiro atoms. The van der Waals surface area contributed by atoms with E-state index in [2.05, 4.69) is 5.32 Å². The molecule has 1 aromatic rings. The van der Waals surface area contributed by atoms with Crippen LogP contribution in [0.15, 0.2) is 24.3 Å². The maximum atomic E-state index is 13.1. The average molecular weight is 209 g/mol. The molecule has 0 heterocycles. The quantitative estimate of drug-likeness (QED) is 0.804. The largest absolute Gasteiger partial charge is 0.311 e. The molecule has 1 nitrogen and oxygen atoms in total. The van der Waals surface area contributed by atoms with Crippen molar-refractivity contribution in [1.29, 1.82) is 0 Å². The minimum absolute atomic E-state index is 0.299. The van der Waals surface area contributed by atoms with Gasteiger partial charge in [-0.3, -0.25) is 0 Å². The van der Waals surface area contributed by atoms with Crippen LogP contribution in [-0.4, -0.2) is 12.6 Å². The van der Waals surface area contributed by atoms with Gasteiger partial charge in [0.05, 0.1) is 0 Å². The molecule has 1 fully saturated rings. The predicted molar refractivity (Wildman–Crippen MR) is 56.4 cm³/mol. The Kier molecular flexibility index (Phi) is 3.11. The zero-order valence-corrected chi connectivity index (χ0v) is 8.34. The lowest BCUT2D eigenvalue weighted by Gasteiger charge is -1.98. The summed E-state index contributed by atoms with van der Waals surface area (Å²) in [7, 11) is 0. The van der Waals surface area contributed by atoms with Gasteiger partial charge in [0.25, 0.3) is 0 Å². The van der Waals surface area contributed by atoms with Crippen molar-refractivity contribution in [3.8, 4) is 0 Å². The molecule has 0 saturated heterocycles. The van der Waals surface area contributed by atoms with Crippen molar-refractivity contribution in [2.24, 2.45) is 0 Å². The fourth-order valence-corrected chi connectivity index (χ4v) is 1.35. The highest BCUT2D eigenvalue weighted by Crippen LogP contribution is 2.18. The van der Waals surface area contributed by atoms with E-state index < -0.39 is 5.82 Å². The first-order valence-electron chi connectivity index (χ1n) is 5.10. The Morgan fingerprint density at radius 3 is 2.87 bits per heavy atom. The van der Waals surface area contributed by atoms with E-state index in [0.717, 1.165) is 12.1 Å². The molecule has 0 aliphatic heterocycles. The van der Waals surface area contributed by atoms with Crippen LogP contribution < -0.4 is 5.32 Å². The molecule has 3 heteroatoms. The van der Waals surface area contributed by atoms with E-state index in [1.165, 1.54) is 18.9 Å². The topological polar surface area (TPSA) is 12.0 Å². The molecule has 0 aromatic heterocycles. The van der Waals surface area contributed by atoms with Crippen molar-refractivity contribution in [3.63, 3.8) is 0 Å². The van der Waals surface area contributed by atoms with Crippen LogP contribution in [0.25, 0.3) is 6.08 Å². The minimum atomic E-state index is -0.411. The Morgan fingerprint density at radius 1 is 1.33 bits per heavy atom. The lowest BCUT2D eigenvalue weighted by atomic mass is 10.2. The van der Waals surface area contributed by atoms with E-state index in [9.17, 15) is 8.78 Å². The Bertz CT molecular complexity index is 370. The number of hydrogen-bond donors (Lipinski definition) is 1. The first-order valence-corrected chi connectivity index (χ1v) is 5.10. The summed E-state index contributed by atoms with van der Waals surface area (Å²) in [4.78, 5) is 0. The number of halogens is 2. The van der Waals surface area contributed by atoms with Gasteiger partial charge in [0.15, 0.2) is 0 Å². The van der Waals surface area contributed by atoms with Gasteiger partial charge >= 0.3 is 0 Å². The number of nitrogens with one attached hydrogen (secondary N) is 1. The van der Waals surface area contributed by atoms with Gasteiger partial charge in [0, 0.05) is 18.2 Å². The van der Waals surface area contributed by atoms with Crippen molar-refractivity contribution < 1.29 is 8.78 Å². The van der Waals surface area contributed by atoms with Crippen LogP contribution in [0.1, 0.15) is 18.4 Å². The summed E-state index contributed by atoms with van der Waals surface area (Å²) >= 11 is 0. The van der Waals surface area contributed by atoms with Gasteiger partial charge in [-0.1, -0.05) is 12.2 Å². The highest BCUT2D eigenvalue weighted by molar-refractivity contribution is 5.50. The molecule has 0 bridgehead atoms. The Labute approximate surface area is 87.8 Å². The molecule has 0 radical (unpaired) electrons. The summed E-state index contributed by atoms with van der Waals surface area (Å²) in [6, 6.07) is 4.09. The predicted octanol–water partition coefficient (Wildman–Crippen LogP) is 2.73. The fraction of sp³-hybridized carbons (Fsp3) is 0.333. The summed E-state index contributed by atoms with van der Waals surface area (Å²) in [5.74, 6) is -0.801. The molecule has 0 unspecified atom stereocenters. The molecule has 80 valence electrons. The van der Waals surface area contributed by atoms with Crippen molar-refractivity contribution in [3.05, 3.63) is 41.5 Å². The monoisotopic (exact) mass is 209 g/mol. The summed E-state index contributed by atoms with van der Waals surface area (Å²) in [6.45, 7) is 0.709. The molecule has 1 aliphatic rings. The summed E-state index contributed by atoms with van der Waals surface area (Å²) in [6.07, 6.45) is 5.87. The number of rotatable bonds is 4. The van der Waals surface area contributed by atoms with E-state index in [1.807, 2.05) is 6.08 Å². The van der Waals surface area contributed by atoms with Gasteiger partial charge in [-0.25, -0.2) is 8.78 Å². The summed E-state index contributed by atoms with van der Waals surface area (Å²) in [5.41, 5.74) is 0.299. The average Bonchev–Trinajstić information content (AvgIpc) is 3.01. The van der Waals surface area contributed by atoms with Gasteiger partial charge in [0.1, 0.15) is 11.6 Å². The van der Waals surface area contributed by atoms with E-state index in [1.54, 1.807) is 6.08 Å². The number of hydrogen-bond acceptors (Lipinski definition) is 1. The molecule has 0 atom stereocenters.